The van der Waals surface area contributed by atoms with Gasteiger partial charge in [-0.2, -0.15) is 0 Å². The quantitative estimate of drug-likeness (QED) is 0.430. The van der Waals surface area contributed by atoms with Crippen molar-refractivity contribution in [2.75, 3.05) is 0 Å². The molecule has 0 aromatic heterocycles. The van der Waals surface area contributed by atoms with Crippen molar-refractivity contribution in [3.05, 3.63) is 0 Å². The lowest BCUT2D eigenvalue weighted by atomic mass is 9.43. The van der Waals surface area contributed by atoms with Gasteiger partial charge in [0.15, 0.2) is 0 Å². The molecule has 1 heterocycles. The SMILES string of the molecule is CC(C)CCC[C@@H](C)[C@H]1CC[C@H]2[C@@H]3CC[C@H]4[C@@H](C)C[C@@H]5O[C@@H]5[C@]4(C)[C@H]3CC[C@]12C. The fraction of sp³-hybridized carbons (Fsp3) is 1.00. The van der Waals surface area contributed by atoms with Gasteiger partial charge >= 0.3 is 0 Å². The van der Waals surface area contributed by atoms with Crippen molar-refractivity contribution in [2.45, 2.75) is 118 Å². The Morgan fingerprint density at radius 3 is 2.41 bits per heavy atom. The minimum Gasteiger partial charge on any atom is -0.369 e. The summed E-state index contributed by atoms with van der Waals surface area (Å²) in [5, 5.41) is 0. The molecule has 1 heteroatoms. The lowest BCUT2D eigenvalue weighted by Crippen LogP contribution is -2.57. The summed E-state index contributed by atoms with van der Waals surface area (Å²) in [5.74, 6) is 7.56. The minimum atomic E-state index is 0.494. The van der Waals surface area contributed by atoms with Gasteiger partial charge in [-0.3, -0.25) is 0 Å². The van der Waals surface area contributed by atoms with E-state index in [-0.39, 0.29) is 0 Å². The zero-order valence-electron chi connectivity index (χ0n) is 20.3. The van der Waals surface area contributed by atoms with Gasteiger partial charge in [0.05, 0.1) is 12.2 Å². The predicted octanol–water partition coefficient (Wildman–Crippen LogP) is 7.73. The molecule has 29 heavy (non-hydrogen) atoms. The van der Waals surface area contributed by atoms with Crippen LogP contribution in [-0.2, 0) is 4.74 Å². The zero-order chi connectivity index (χ0) is 20.6. The molecular weight excluding hydrogens is 352 g/mol. The van der Waals surface area contributed by atoms with Gasteiger partial charge in [-0.15, -0.1) is 0 Å². The molecule has 166 valence electrons. The third-order valence-electron chi connectivity index (χ3n) is 11.5. The maximum atomic E-state index is 6.33. The molecule has 0 radical (unpaired) electrons. The van der Waals surface area contributed by atoms with Crippen molar-refractivity contribution in [2.24, 2.45) is 58.2 Å². The van der Waals surface area contributed by atoms with Crippen LogP contribution in [0.1, 0.15) is 106 Å². The Hall–Kier alpha value is -0.0400. The number of rotatable bonds is 5. The standard InChI is InChI=1S/C28H48O/c1-17(2)8-7-9-18(3)21-12-13-23-20-10-11-22-19(4)16-25-26(29-25)28(22,6)24(20)14-15-27(21,23)5/h17-26H,7-16H2,1-6H3/t18-,19+,20+,21-,22+,23+,24+,25+,26+,27-,28+/m1/s1. The topological polar surface area (TPSA) is 12.5 Å². The first-order valence-corrected chi connectivity index (χ1v) is 13.4. The molecule has 1 saturated heterocycles. The molecule has 0 bridgehead atoms. The maximum absolute atomic E-state index is 6.33. The summed E-state index contributed by atoms with van der Waals surface area (Å²) in [7, 11) is 0. The Morgan fingerprint density at radius 2 is 1.66 bits per heavy atom. The van der Waals surface area contributed by atoms with Crippen molar-refractivity contribution in [1.82, 2.24) is 0 Å². The number of hydrogen-bond donors (Lipinski definition) is 0. The molecule has 5 aliphatic rings. The van der Waals surface area contributed by atoms with Crippen LogP contribution in [0.5, 0.6) is 0 Å². The molecule has 0 aromatic rings. The van der Waals surface area contributed by atoms with Crippen molar-refractivity contribution < 1.29 is 4.74 Å². The first-order valence-electron chi connectivity index (χ1n) is 13.4. The maximum Gasteiger partial charge on any atom is 0.0900 e. The Labute approximate surface area is 181 Å². The first kappa shape index (κ1) is 20.8. The summed E-state index contributed by atoms with van der Waals surface area (Å²) in [4.78, 5) is 0. The van der Waals surface area contributed by atoms with E-state index < -0.39 is 0 Å². The highest BCUT2D eigenvalue weighted by Gasteiger charge is 2.68. The van der Waals surface area contributed by atoms with E-state index in [2.05, 4.69) is 41.5 Å². The van der Waals surface area contributed by atoms with Crippen molar-refractivity contribution in [1.29, 1.82) is 0 Å². The van der Waals surface area contributed by atoms with Gasteiger partial charge in [0.2, 0.25) is 0 Å². The highest BCUT2D eigenvalue weighted by molar-refractivity contribution is 5.16. The van der Waals surface area contributed by atoms with Gasteiger partial charge in [0, 0.05) is 5.41 Å². The highest BCUT2D eigenvalue weighted by Crippen LogP contribution is 2.71. The van der Waals surface area contributed by atoms with E-state index in [4.69, 9.17) is 4.74 Å². The minimum absolute atomic E-state index is 0.494. The number of hydrogen-bond acceptors (Lipinski definition) is 1. The second-order valence-electron chi connectivity index (χ2n) is 13.3. The van der Waals surface area contributed by atoms with Crippen molar-refractivity contribution in [3.8, 4) is 0 Å². The molecule has 0 N–H and O–H groups in total. The predicted molar refractivity (Wildman–Crippen MR) is 122 cm³/mol. The normalized spacial score (nSPS) is 54.3. The molecule has 0 unspecified atom stereocenters. The summed E-state index contributed by atoms with van der Waals surface area (Å²) in [6.07, 6.45) is 16.0. The summed E-state index contributed by atoms with van der Waals surface area (Å²) < 4.78 is 6.33. The molecular formula is C28H48O. The number of ether oxygens (including phenoxy) is 1. The number of fused-ring (bicyclic) bond motifs is 7. The summed E-state index contributed by atoms with van der Waals surface area (Å²) in [6, 6.07) is 0. The van der Waals surface area contributed by atoms with E-state index in [1.165, 1.54) is 64.2 Å². The smallest absolute Gasteiger partial charge is 0.0900 e. The third kappa shape index (κ3) is 3.10. The second-order valence-corrected chi connectivity index (χ2v) is 13.3. The molecule has 1 aliphatic heterocycles. The molecule has 1 nitrogen and oxygen atoms in total. The fourth-order valence-corrected chi connectivity index (χ4v) is 10.2. The molecule has 11 atom stereocenters. The van der Waals surface area contributed by atoms with Crippen LogP contribution >= 0.6 is 0 Å². The van der Waals surface area contributed by atoms with Crippen molar-refractivity contribution in [3.63, 3.8) is 0 Å². The first-order chi connectivity index (χ1) is 13.8. The molecule has 5 rings (SSSR count). The molecule has 0 aromatic carbocycles. The second kappa shape index (κ2) is 7.25. The van der Waals surface area contributed by atoms with Gasteiger partial charge in [0.1, 0.15) is 0 Å². The van der Waals surface area contributed by atoms with E-state index in [1.54, 1.807) is 0 Å². The van der Waals surface area contributed by atoms with Crippen LogP contribution in [0, 0.1) is 58.2 Å². The van der Waals surface area contributed by atoms with E-state index in [9.17, 15) is 0 Å². The summed E-state index contributed by atoms with van der Waals surface area (Å²) in [6.45, 7) is 15.3. The van der Waals surface area contributed by atoms with E-state index in [0.29, 0.717) is 23.0 Å². The third-order valence-corrected chi connectivity index (χ3v) is 11.5. The van der Waals surface area contributed by atoms with Crippen LogP contribution in [0.2, 0.25) is 0 Å². The van der Waals surface area contributed by atoms with E-state index in [1.807, 2.05) is 0 Å². The van der Waals surface area contributed by atoms with Crippen molar-refractivity contribution >= 4 is 0 Å². The van der Waals surface area contributed by atoms with Crippen LogP contribution in [-0.4, -0.2) is 12.2 Å². The van der Waals surface area contributed by atoms with Crippen LogP contribution < -0.4 is 0 Å². The fourth-order valence-electron chi connectivity index (χ4n) is 10.2. The summed E-state index contributed by atoms with van der Waals surface area (Å²) in [5.41, 5.74) is 1.12. The van der Waals surface area contributed by atoms with Crippen LogP contribution in [0.25, 0.3) is 0 Å². The Balaban J connectivity index is 1.32. The lowest BCUT2D eigenvalue weighted by Gasteiger charge is -2.61. The average molecular weight is 401 g/mol. The van der Waals surface area contributed by atoms with Gasteiger partial charge < -0.3 is 4.74 Å². The molecule has 4 saturated carbocycles. The Bertz CT molecular complexity index is 611. The molecule has 0 spiro atoms. The van der Waals surface area contributed by atoms with Crippen LogP contribution in [0.4, 0.5) is 0 Å². The van der Waals surface area contributed by atoms with Gasteiger partial charge in [-0.05, 0) is 97.7 Å². The molecule has 5 fully saturated rings. The number of epoxide rings is 1. The Kier molecular flexibility index (Phi) is 5.21. The largest absolute Gasteiger partial charge is 0.369 e. The van der Waals surface area contributed by atoms with Gasteiger partial charge in [0.25, 0.3) is 0 Å². The van der Waals surface area contributed by atoms with E-state index >= 15 is 0 Å². The van der Waals surface area contributed by atoms with E-state index in [0.717, 1.165) is 47.3 Å². The average Bonchev–Trinajstić information content (AvgIpc) is 3.34. The highest BCUT2D eigenvalue weighted by atomic mass is 16.6. The lowest BCUT2D eigenvalue weighted by molar-refractivity contribution is -0.125. The molecule has 4 aliphatic carbocycles. The van der Waals surface area contributed by atoms with Crippen LogP contribution in [0.3, 0.4) is 0 Å². The Morgan fingerprint density at radius 1 is 0.897 bits per heavy atom. The zero-order valence-corrected chi connectivity index (χ0v) is 20.3. The summed E-state index contributed by atoms with van der Waals surface area (Å²) >= 11 is 0. The van der Waals surface area contributed by atoms with Gasteiger partial charge in [-0.25, -0.2) is 0 Å². The molecule has 0 amide bonds. The van der Waals surface area contributed by atoms with Gasteiger partial charge in [-0.1, -0.05) is 60.8 Å². The van der Waals surface area contributed by atoms with Crippen LogP contribution in [0.15, 0.2) is 0 Å². The monoisotopic (exact) mass is 400 g/mol.